The van der Waals surface area contributed by atoms with E-state index in [-0.39, 0.29) is 5.91 Å². The van der Waals surface area contributed by atoms with Gasteiger partial charge in [-0.25, -0.2) is 0 Å². The molecule has 162 valence electrons. The van der Waals surface area contributed by atoms with Gasteiger partial charge >= 0.3 is 0 Å². The predicted molar refractivity (Wildman–Crippen MR) is 133 cm³/mol. The zero-order chi connectivity index (χ0) is 22.1. The summed E-state index contributed by atoms with van der Waals surface area (Å²) in [5, 5.41) is 3.64. The van der Waals surface area contributed by atoms with E-state index < -0.39 is 0 Å². The number of benzene rings is 3. The fraction of sp³-hybridized carbons (Fsp3) is 0.321. The van der Waals surface area contributed by atoms with Gasteiger partial charge in [-0.2, -0.15) is 0 Å². The van der Waals surface area contributed by atoms with Crippen molar-refractivity contribution in [3.05, 3.63) is 88.9 Å². The number of carbonyl (C=O) groups is 1. The third-order valence-corrected chi connectivity index (χ3v) is 6.05. The highest BCUT2D eigenvalue weighted by atomic mass is 35.5. The molecule has 0 bridgehead atoms. The van der Waals surface area contributed by atoms with Gasteiger partial charge in [0.1, 0.15) is 0 Å². The molecule has 0 aliphatic carbocycles. The molecule has 0 aliphatic rings. The van der Waals surface area contributed by atoms with Crippen LogP contribution in [0.1, 0.15) is 50.7 Å². The van der Waals surface area contributed by atoms with E-state index in [0.29, 0.717) is 11.4 Å². The molecule has 0 saturated heterocycles. The Labute approximate surface area is 191 Å². The summed E-state index contributed by atoms with van der Waals surface area (Å²) in [6.45, 7) is 4.56. The molecule has 1 amide bonds. The molecule has 0 aliphatic heterocycles. The summed E-state index contributed by atoms with van der Waals surface area (Å²) < 4.78 is 0. The first kappa shape index (κ1) is 23.1. The number of carbonyl (C=O) groups excluding carboxylic acids is 1. The summed E-state index contributed by atoms with van der Waals surface area (Å²) in [7, 11) is 0. The maximum absolute atomic E-state index is 12.3. The Hall–Kier alpha value is -2.58. The van der Waals surface area contributed by atoms with Crippen LogP contribution in [0.3, 0.4) is 0 Å². The van der Waals surface area contributed by atoms with E-state index in [4.69, 9.17) is 11.6 Å². The van der Waals surface area contributed by atoms with Crippen LogP contribution >= 0.6 is 11.6 Å². The Balaban J connectivity index is 1.56. The van der Waals surface area contributed by atoms with E-state index in [1.54, 1.807) is 12.1 Å². The van der Waals surface area contributed by atoms with Gasteiger partial charge in [0.25, 0.3) is 0 Å². The Morgan fingerprint density at radius 1 is 0.839 bits per heavy atom. The molecule has 1 N–H and O–H groups in total. The van der Waals surface area contributed by atoms with Crippen molar-refractivity contribution in [1.29, 1.82) is 0 Å². The topological polar surface area (TPSA) is 29.1 Å². The van der Waals surface area contributed by atoms with Crippen LogP contribution in [0.2, 0.25) is 5.02 Å². The van der Waals surface area contributed by atoms with Crippen molar-refractivity contribution in [3.8, 4) is 11.1 Å². The summed E-state index contributed by atoms with van der Waals surface area (Å²) in [4.78, 5) is 12.3. The van der Waals surface area contributed by atoms with Gasteiger partial charge in [-0.3, -0.25) is 4.79 Å². The van der Waals surface area contributed by atoms with E-state index in [0.717, 1.165) is 29.2 Å². The molecule has 0 spiro atoms. The zero-order valence-electron chi connectivity index (χ0n) is 18.5. The van der Waals surface area contributed by atoms with Gasteiger partial charge in [0.15, 0.2) is 0 Å². The second-order valence-corrected chi connectivity index (χ2v) is 8.68. The van der Waals surface area contributed by atoms with Crippen LogP contribution in [0.15, 0.2) is 72.8 Å². The molecule has 0 saturated carbocycles. The summed E-state index contributed by atoms with van der Waals surface area (Å²) in [5.74, 6) is 0.745. The average Bonchev–Trinajstić information content (AvgIpc) is 2.79. The first-order valence-corrected chi connectivity index (χ1v) is 11.7. The molecular weight excluding hydrogens is 402 g/mol. The maximum Gasteiger partial charge on any atom is 0.228 e. The van der Waals surface area contributed by atoms with Crippen molar-refractivity contribution in [2.45, 2.75) is 52.4 Å². The van der Waals surface area contributed by atoms with Gasteiger partial charge < -0.3 is 5.32 Å². The number of rotatable bonds is 10. The first-order chi connectivity index (χ1) is 15.1. The summed E-state index contributed by atoms with van der Waals surface area (Å²) in [5.41, 5.74) is 5.52. The van der Waals surface area contributed by atoms with Gasteiger partial charge in [0.05, 0.1) is 6.42 Å². The molecule has 3 aromatic carbocycles. The highest BCUT2D eigenvalue weighted by Crippen LogP contribution is 2.24. The minimum Gasteiger partial charge on any atom is -0.326 e. The van der Waals surface area contributed by atoms with Crippen molar-refractivity contribution < 1.29 is 4.79 Å². The Morgan fingerprint density at radius 3 is 2.00 bits per heavy atom. The van der Waals surface area contributed by atoms with Crippen LogP contribution in [0, 0.1) is 5.92 Å². The second-order valence-electron chi connectivity index (χ2n) is 8.25. The normalized spacial score (nSPS) is 11.8. The zero-order valence-corrected chi connectivity index (χ0v) is 19.3. The average molecular weight is 434 g/mol. The van der Waals surface area contributed by atoms with Crippen molar-refractivity contribution in [3.63, 3.8) is 0 Å². The smallest absolute Gasteiger partial charge is 0.228 e. The highest BCUT2D eigenvalue weighted by Gasteiger charge is 2.08. The molecule has 1 unspecified atom stereocenters. The highest BCUT2D eigenvalue weighted by molar-refractivity contribution is 6.30. The van der Waals surface area contributed by atoms with Crippen LogP contribution in [0.5, 0.6) is 0 Å². The van der Waals surface area contributed by atoms with Crippen LogP contribution in [-0.2, 0) is 17.6 Å². The summed E-state index contributed by atoms with van der Waals surface area (Å²) >= 11 is 5.90. The lowest BCUT2D eigenvalue weighted by Gasteiger charge is -2.14. The third-order valence-electron chi connectivity index (χ3n) is 5.80. The molecule has 31 heavy (non-hydrogen) atoms. The molecule has 0 radical (unpaired) electrons. The molecule has 3 heteroatoms. The Kier molecular flexibility index (Phi) is 8.73. The molecule has 0 aromatic heterocycles. The number of anilines is 1. The number of unbranched alkanes of at least 4 members (excludes halogenated alkanes) is 1. The first-order valence-electron chi connectivity index (χ1n) is 11.3. The molecule has 2 nitrogen and oxygen atoms in total. The van der Waals surface area contributed by atoms with Crippen LogP contribution in [-0.4, -0.2) is 5.91 Å². The molecule has 1 atom stereocenters. The lowest BCUT2D eigenvalue weighted by molar-refractivity contribution is -0.115. The fourth-order valence-electron chi connectivity index (χ4n) is 3.85. The van der Waals surface area contributed by atoms with E-state index in [9.17, 15) is 4.79 Å². The number of hydrogen-bond donors (Lipinski definition) is 1. The van der Waals surface area contributed by atoms with E-state index in [1.165, 1.54) is 36.8 Å². The van der Waals surface area contributed by atoms with Gasteiger partial charge in [0, 0.05) is 10.7 Å². The molecular formula is C28H32ClNO. The van der Waals surface area contributed by atoms with E-state index >= 15 is 0 Å². The summed E-state index contributed by atoms with van der Waals surface area (Å²) in [6.07, 6.45) is 6.64. The standard InChI is InChI=1S/C28H32ClNO/c1-3-5-6-21(4-2)19-22-7-11-24(12-8-22)25-13-17-27(18-14-25)30-28(31)20-23-9-15-26(29)16-10-23/h7-18,21H,3-6,19-20H2,1-2H3,(H,30,31). The molecule has 3 aromatic rings. The van der Waals surface area contributed by atoms with Crippen molar-refractivity contribution >= 4 is 23.2 Å². The fourth-order valence-corrected chi connectivity index (χ4v) is 3.97. The third kappa shape index (κ3) is 7.25. The van der Waals surface area contributed by atoms with Crippen molar-refractivity contribution in [2.24, 2.45) is 5.92 Å². The monoisotopic (exact) mass is 433 g/mol. The number of halogens is 1. The number of nitrogens with one attached hydrogen (secondary N) is 1. The quantitative estimate of drug-likeness (QED) is 0.345. The second kappa shape index (κ2) is 11.7. The van der Waals surface area contributed by atoms with Gasteiger partial charge in [0.2, 0.25) is 5.91 Å². The lowest BCUT2D eigenvalue weighted by Crippen LogP contribution is -2.14. The Morgan fingerprint density at radius 2 is 1.42 bits per heavy atom. The summed E-state index contributed by atoms with van der Waals surface area (Å²) in [6, 6.07) is 24.3. The Bertz CT molecular complexity index is 946. The largest absolute Gasteiger partial charge is 0.326 e. The minimum absolute atomic E-state index is 0.0343. The van der Waals surface area contributed by atoms with Crippen molar-refractivity contribution in [2.75, 3.05) is 5.32 Å². The SMILES string of the molecule is CCCCC(CC)Cc1ccc(-c2ccc(NC(=O)Cc3ccc(Cl)cc3)cc2)cc1. The minimum atomic E-state index is -0.0343. The van der Waals surface area contributed by atoms with Gasteiger partial charge in [-0.05, 0) is 58.9 Å². The molecule has 0 fully saturated rings. The van der Waals surface area contributed by atoms with Gasteiger partial charge in [-0.1, -0.05) is 99.7 Å². The van der Waals surface area contributed by atoms with Crippen LogP contribution < -0.4 is 5.32 Å². The molecule has 0 heterocycles. The predicted octanol–water partition coefficient (Wildman–Crippen LogP) is 7.95. The van der Waals surface area contributed by atoms with Crippen LogP contribution in [0.25, 0.3) is 11.1 Å². The molecule has 3 rings (SSSR count). The lowest BCUT2D eigenvalue weighted by atomic mass is 9.91. The number of amides is 1. The van der Waals surface area contributed by atoms with Crippen LogP contribution in [0.4, 0.5) is 5.69 Å². The number of hydrogen-bond acceptors (Lipinski definition) is 1. The maximum atomic E-state index is 12.3. The van der Waals surface area contributed by atoms with E-state index in [1.807, 2.05) is 24.3 Å². The van der Waals surface area contributed by atoms with Gasteiger partial charge in [-0.15, -0.1) is 0 Å². The van der Waals surface area contributed by atoms with E-state index in [2.05, 4.69) is 55.6 Å². The van der Waals surface area contributed by atoms with Crippen molar-refractivity contribution in [1.82, 2.24) is 0 Å².